The van der Waals surface area contributed by atoms with E-state index in [-0.39, 0.29) is 11.2 Å². The molecular formula is C10H19N2O2+. The number of nitrogens with two attached hydrogens (primary N) is 1. The Morgan fingerprint density at radius 1 is 1.50 bits per heavy atom. The Balaban J connectivity index is 4.85. The molecule has 0 spiro atoms. The van der Waals surface area contributed by atoms with Crippen LogP contribution in [0.25, 0.3) is 0 Å². The summed E-state index contributed by atoms with van der Waals surface area (Å²) in [6.07, 6.45) is 2.19. The Bertz CT molecular complexity index is 272. The molecule has 0 radical (unpaired) electrons. The third-order valence-corrected chi connectivity index (χ3v) is 1.49. The van der Waals surface area contributed by atoms with Gasteiger partial charge in [0, 0.05) is 12.5 Å². The first-order valence-corrected chi connectivity index (χ1v) is 4.60. The zero-order valence-electron chi connectivity index (χ0n) is 9.22. The molecule has 80 valence electrons. The highest BCUT2D eigenvalue weighted by molar-refractivity contribution is 5.98. The van der Waals surface area contributed by atoms with Crippen molar-refractivity contribution < 1.29 is 14.9 Å². The lowest BCUT2D eigenvalue weighted by Gasteiger charge is -2.06. The van der Waals surface area contributed by atoms with Crippen molar-refractivity contribution in [2.75, 3.05) is 0 Å². The molecule has 0 saturated heterocycles. The minimum atomic E-state index is -1.09. The molecule has 0 atom stereocenters. The monoisotopic (exact) mass is 199 g/mol. The molecule has 0 aliphatic rings. The molecule has 14 heavy (non-hydrogen) atoms. The predicted molar refractivity (Wildman–Crippen MR) is 55.9 cm³/mol. The van der Waals surface area contributed by atoms with Crippen molar-refractivity contribution in [1.82, 2.24) is 0 Å². The molecule has 0 heterocycles. The van der Waals surface area contributed by atoms with Crippen molar-refractivity contribution in [3.63, 3.8) is 0 Å². The lowest BCUT2D eigenvalue weighted by Crippen LogP contribution is -2.84. The van der Waals surface area contributed by atoms with Gasteiger partial charge in [-0.15, -0.1) is 0 Å². The molecule has 4 heteroatoms. The summed E-state index contributed by atoms with van der Waals surface area (Å²) in [5, 5.41) is 8.59. The molecule has 0 rings (SSSR count). The lowest BCUT2D eigenvalue weighted by atomic mass is 10.1. The third kappa shape index (κ3) is 5.35. The van der Waals surface area contributed by atoms with Crippen LogP contribution < -0.4 is 10.7 Å². The van der Waals surface area contributed by atoms with E-state index in [1.165, 1.54) is 6.08 Å². The van der Waals surface area contributed by atoms with Gasteiger partial charge in [0.1, 0.15) is 5.70 Å². The zero-order chi connectivity index (χ0) is 11.4. The van der Waals surface area contributed by atoms with E-state index in [9.17, 15) is 4.79 Å². The highest BCUT2D eigenvalue weighted by atomic mass is 16.4. The molecule has 0 aliphatic heterocycles. The number of carboxylic acid groups (broad SMARTS) is 1. The largest absolute Gasteiger partial charge is 0.477 e. The first-order chi connectivity index (χ1) is 6.26. The number of carboxylic acids is 1. The van der Waals surface area contributed by atoms with Crippen LogP contribution in [-0.2, 0) is 4.79 Å². The molecule has 0 aromatic rings. The van der Waals surface area contributed by atoms with Crippen molar-refractivity contribution >= 4 is 11.7 Å². The van der Waals surface area contributed by atoms with Gasteiger partial charge in [-0.3, -0.25) is 0 Å². The van der Waals surface area contributed by atoms with Gasteiger partial charge in [-0.2, -0.15) is 0 Å². The highest BCUT2D eigenvalue weighted by Gasteiger charge is 2.15. The summed E-state index contributed by atoms with van der Waals surface area (Å²) in [5.74, 6) is -1.09. The van der Waals surface area contributed by atoms with Crippen LogP contribution in [0, 0.1) is 0 Å². The number of rotatable bonds is 3. The van der Waals surface area contributed by atoms with E-state index in [4.69, 9.17) is 10.8 Å². The van der Waals surface area contributed by atoms with E-state index in [1.54, 1.807) is 0 Å². The molecule has 4 N–H and O–H groups in total. The average Bonchev–Trinajstić information content (AvgIpc) is 2.00. The maximum absolute atomic E-state index is 10.5. The van der Waals surface area contributed by atoms with Crippen LogP contribution in [0.5, 0.6) is 0 Å². The first-order valence-electron chi connectivity index (χ1n) is 4.60. The van der Waals surface area contributed by atoms with Gasteiger partial charge in [-0.05, 0) is 20.8 Å². The molecule has 0 fully saturated rings. The van der Waals surface area contributed by atoms with Gasteiger partial charge in [0.05, 0.1) is 0 Å². The van der Waals surface area contributed by atoms with Gasteiger partial charge in [0.25, 0.3) is 0 Å². The van der Waals surface area contributed by atoms with Crippen LogP contribution in [0.15, 0.2) is 11.8 Å². The number of aliphatic carboxylic acids is 1. The van der Waals surface area contributed by atoms with Gasteiger partial charge < -0.3 is 10.8 Å². The van der Waals surface area contributed by atoms with Gasteiger partial charge in [0.2, 0.25) is 0 Å². The fourth-order valence-electron chi connectivity index (χ4n) is 0.958. The predicted octanol–water partition coefficient (Wildman–Crippen LogP) is -0.356. The molecule has 0 bridgehead atoms. The quantitative estimate of drug-likeness (QED) is 0.429. The molecule has 4 nitrogen and oxygen atoms in total. The standard InChI is InChI=1S/C10H18N2O2/c1-5-7(12-10(2,3)4)6-8(11)9(13)14/h6H,5,11H2,1-4H3,(H,13,14)/p+1. The second-order valence-electron chi connectivity index (χ2n) is 4.16. The second-order valence-corrected chi connectivity index (χ2v) is 4.16. The van der Waals surface area contributed by atoms with Crippen LogP contribution >= 0.6 is 0 Å². The van der Waals surface area contributed by atoms with Crippen molar-refractivity contribution in [1.29, 1.82) is 0 Å². The second kappa shape index (κ2) is 4.79. The highest BCUT2D eigenvalue weighted by Crippen LogP contribution is 1.91. The molecular weight excluding hydrogens is 180 g/mol. The summed E-state index contributed by atoms with van der Waals surface area (Å²) in [7, 11) is 0. The Kier molecular flexibility index (Phi) is 4.34. The fourth-order valence-corrected chi connectivity index (χ4v) is 0.958. The van der Waals surface area contributed by atoms with Crippen LogP contribution in [0.4, 0.5) is 0 Å². The minimum Gasteiger partial charge on any atom is -0.477 e. The van der Waals surface area contributed by atoms with E-state index >= 15 is 0 Å². The molecule has 0 aromatic heterocycles. The molecule has 0 aromatic carbocycles. The smallest absolute Gasteiger partial charge is 0.351 e. The summed E-state index contributed by atoms with van der Waals surface area (Å²) < 4.78 is 0. The van der Waals surface area contributed by atoms with Crippen molar-refractivity contribution in [2.24, 2.45) is 5.73 Å². The number of nitrogens with one attached hydrogen (secondary N) is 1. The van der Waals surface area contributed by atoms with Crippen molar-refractivity contribution in [3.8, 4) is 0 Å². The van der Waals surface area contributed by atoms with E-state index in [0.717, 1.165) is 12.1 Å². The van der Waals surface area contributed by atoms with E-state index in [1.807, 2.05) is 27.7 Å². The number of allylic oxidation sites excluding steroid dienone is 1. The van der Waals surface area contributed by atoms with Crippen molar-refractivity contribution in [3.05, 3.63) is 11.8 Å². The Labute approximate surface area is 84.5 Å². The molecule has 0 unspecified atom stereocenters. The topological polar surface area (TPSA) is 77.3 Å². The fraction of sp³-hybridized carbons (Fsp3) is 0.600. The summed E-state index contributed by atoms with van der Waals surface area (Å²) in [4.78, 5) is 13.7. The normalized spacial score (nSPS) is 14.3. The van der Waals surface area contributed by atoms with Crippen LogP contribution in [0.1, 0.15) is 34.1 Å². The van der Waals surface area contributed by atoms with Crippen LogP contribution in [0.3, 0.4) is 0 Å². The number of hydrogen-bond acceptors (Lipinski definition) is 2. The SMILES string of the molecule is CCC(C=C(N)C(=O)O)=[NH+]C(C)(C)C. The summed E-state index contributed by atoms with van der Waals surface area (Å²) in [6.45, 7) is 7.97. The zero-order valence-corrected chi connectivity index (χ0v) is 9.22. The molecule has 0 saturated carbocycles. The maximum Gasteiger partial charge on any atom is 0.351 e. The van der Waals surface area contributed by atoms with Crippen molar-refractivity contribution in [2.45, 2.75) is 39.7 Å². The van der Waals surface area contributed by atoms with Crippen LogP contribution in [-0.4, -0.2) is 22.3 Å². The molecule has 0 amide bonds. The maximum atomic E-state index is 10.5. The Hall–Kier alpha value is -1.32. The van der Waals surface area contributed by atoms with E-state index in [0.29, 0.717) is 0 Å². The summed E-state index contributed by atoms with van der Waals surface area (Å²) in [6, 6.07) is 0. The van der Waals surface area contributed by atoms with E-state index in [2.05, 4.69) is 4.99 Å². The van der Waals surface area contributed by atoms with Gasteiger partial charge in [-0.1, -0.05) is 6.92 Å². The third-order valence-electron chi connectivity index (χ3n) is 1.49. The summed E-state index contributed by atoms with van der Waals surface area (Å²) >= 11 is 0. The van der Waals surface area contributed by atoms with Crippen LogP contribution in [0.2, 0.25) is 0 Å². The lowest BCUT2D eigenvalue weighted by molar-refractivity contribution is -0.538. The summed E-state index contributed by atoms with van der Waals surface area (Å²) in [5.41, 5.74) is 5.92. The van der Waals surface area contributed by atoms with Gasteiger partial charge >= 0.3 is 5.97 Å². The number of hydrogen-bond donors (Lipinski definition) is 3. The molecule has 0 aliphatic carbocycles. The first kappa shape index (κ1) is 12.7. The van der Waals surface area contributed by atoms with Gasteiger partial charge in [-0.25, -0.2) is 9.79 Å². The number of carbonyl (C=O) groups is 1. The Morgan fingerprint density at radius 3 is 2.29 bits per heavy atom. The van der Waals surface area contributed by atoms with Gasteiger partial charge in [0.15, 0.2) is 11.3 Å². The van der Waals surface area contributed by atoms with E-state index < -0.39 is 5.97 Å². The minimum absolute atomic E-state index is 0.0827. The average molecular weight is 199 g/mol. The Morgan fingerprint density at radius 2 is 2.00 bits per heavy atom.